The predicted molar refractivity (Wildman–Crippen MR) is 38.3 cm³/mol. The molecule has 2 heterocycles. The van der Waals surface area contributed by atoms with Crippen LogP contribution in [0.2, 0.25) is 0 Å². The van der Waals surface area contributed by atoms with Crippen molar-refractivity contribution in [3.63, 3.8) is 0 Å². The highest BCUT2D eigenvalue weighted by Crippen LogP contribution is 2.84. The standard InChI is InChI=1S/C10H10O2/c11-7-3-1-2-5(3)9-10(12-9)6(2)4(1)8(7)11/h1-10H/t1?,2?,3-,4-,5-,6+,7-,8-,9-,10-/m1/s1. The summed E-state index contributed by atoms with van der Waals surface area (Å²) in [6, 6.07) is 0. The van der Waals surface area contributed by atoms with E-state index in [1.54, 1.807) is 0 Å². The highest BCUT2D eigenvalue weighted by Gasteiger charge is 2.89. The minimum absolute atomic E-state index is 0.705. The number of ether oxygens (including phenoxy) is 2. The van der Waals surface area contributed by atoms with Crippen LogP contribution in [0.15, 0.2) is 0 Å². The van der Waals surface area contributed by atoms with Crippen LogP contribution >= 0.6 is 0 Å². The smallest absolute Gasteiger partial charge is 0.0879 e. The summed E-state index contributed by atoms with van der Waals surface area (Å²) < 4.78 is 11.5. The Morgan fingerprint density at radius 1 is 0.417 bits per heavy atom. The van der Waals surface area contributed by atoms with Crippen molar-refractivity contribution in [1.29, 1.82) is 0 Å². The third-order valence-electron chi connectivity index (χ3n) is 5.75. The molecule has 4 aliphatic carbocycles. The largest absolute Gasteiger partial charge is 0.369 e. The maximum atomic E-state index is 5.73. The molecule has 0 spiro atoms. The quantitative estimate of drug-likeness (QED) is 0.377. The van der Waals surface area contributed by atoms with Crippen molar-refractivity contribution < 1.29 is 9.47 Å². The molecular formula is C10H10O2. The van der Waals surface area contributed by atoms with Gasteiger partial charge in [0.15, 0.2) is 0 Å². The van der Waals surface area contributed by atoms with Gasteiger partial charge in [-0.25, -0.2) is 0 Å². The van der Waals surface area contributed by atoms with Gasteiger partial charge in [0.2, 0.25) is 0 Å². The van der Waals surface area contributed by atoms with E-state index in [9.17, 15) is 0 Å². The summed E-state index contributed by atoms with van der Waals surface area (Å²) in [5.74, 6) is 6.05. The van der Waals surface area contributed by atoms with Crippen LogP contribution in [0.4, 0.5) is 0 Å². The van der Waals surface area contributed by atoms with Crippen molar-refractivity contribution in [3.05, 3.63) is 0 Å². The number of rotatable bonds is 0. The molecule has 0 aromatic rings. The lowest BCUT2D eigenvalue weighted by Gasteiger charge is -2.61. The first kappa shape index (κ1) is 4.97. The maximum absolute atomic E-state index is 5.73. The minimum atomic E-state index is 0.705. The molecule has 6 fully saturated rings. The second-order valence-corrected chi connectivity index (χ2v) is 5.59. The first-order chi connectivity index (χ1) is 5.97. The molecule has 0 aromatic carbocycles. The molecule has 2 unspecified atom stereocenters. The van der Waals surface area contributed by atoms with Gasteiger partial charge in [-0.3, -0.25) is 0 Å². The van der Waals surface area contributed by atoms with Crippen LogP contribution in [-0.4, -0.2) is 24.4 Å². The van der Waals surface area contributed by atoms with Crippen LogP contribution in [0.3, 0.4) is 0 Å². The van der Waals surface area contributed by atoms with Crippen molar-refractivity contribution in [2.24, 2.45) is 35.5 Å². The number of epoxide rings is 2. The van der Waals surface area contributed by atoms with Gasteiger partial charge in [-0.1, -0.05) is 0 Å². The molecule has 2 aliphatic heterocycles. The Bertz CT molecular complexity index is 268. The van der Waals surface area contributed by atoms with Gasteiger partial charge in [-0.15, -0.1) is 0 Å². The van der Waals surface area contributed by atoms with Gasteiger partial charge in [0.1, 0.15) is 0 Å². The molecule has 2 saturated heterocycles. The summed E-state index contributed by atoms with van der Waals surface area (Å²) in [5, 5.41) is 0. The zero-order chi connectivity index (χ0) is 7.19. The highest BCUT2D eigenvalue weighted by molar-refractivity contribution is 5.36. The summed E-state index contributed by atoms with van der Waals surface area (Å²) in [6.07, 6.45) is 2.82. The van der Waals surface area contributed by atoms with Crippen molar-refractivity contribution in [2.75, 3.05) is 0 Å². The number of hydrogen-bond acceptors (Lipinski definition) is 2. The van der Waals surface area contributed by atoms with Crippen LogP contribution in [0.5, 0.6) is 0 Å². The molecule has 10 atom stereocenters. The van der Waals surface area contributed by atoms with Crippen LogP contribution in [0.25, 0.3) is 0 Å². The molecule has 0 amide bonds. The van der Waals surface area contributed by atoms with Crippen molar-refractivity contribution in [3.8, 4) is 0 Å². The Kier molecular flexibility index (Phi) is 0.436. The molecular weight excluding hydrogens is 152 g/mol. The molecule has 6 aliphatic rings. The summed E-state index contributed by atoms with van der Waals surface area (Å²) in [6.45, 7) is 0. The normalized spacial score (nSPS) is 94.0. The van der Waals surface area contributed by atoms with E-state index in [1.807, 2.05) is 0 Å². The second kappa shape index (κ2) is 1.05. The Morgan fingerprint density at radius 2 is 0.750 bits per heavy atom. The molecule has 0 bridgehead atoms. The zero-order valence-electron chi connectivity index (χ0n) is 6.59. The van der Waals surface area contributed by atoms with E-state index in [1.165, 1.54) is 0 Å². The van der Waals surface area contributed by atoms with Crippen molar-refractivity contribution >= 4 is 0 Å². The monoisotopic (exact) mass is 162 g/mol. The first-order valence-corrected chi connectivity index (χ1v) is 5.28. The average molecular weight is 162 g/mol. The molecule has 6 rings (SSSR count). The van der Waals surface area contributed by atoms with Gasteiger partial charge in [-0.05, 0) is 35.5 Å². The van der Waals surface area contributed by atoms with Gasteiger partial charge >= 0.3 is 0 Å². The van der Waals surface area contributed by atoms with Crippen molar-refractivity contribution in [1.82, 2.24) is 0 Å². The van der Waals surface area contributed by atoms with Crippen molar-refractivity contribution in [2.45, 2.75) is 24.4 Å². The Balaban J connectivity index is 1.67. The summed E-state index contributed by atoms with van der Waals surface area (Å²) in [7, 11) is 0. The van der Waals surface area contributed by atoms with E-state index < -0.39 is 0 Å². The van der Waals surface area contributed by atoms with Crippen LogP contribution in [0.1, 0.15) is 0 Å². The molecule has 0 radical (unpaired) electrons. The summed E-state index contributed by atoms with van der Waals surface area (Å²) in [5.41, 5.74) is 0. The van der Waals surface area contributed by atoms with Crippen LogP contribution < -0.4 is 0 Å². The van der Waals surface area contributed by atoms with E-state index >= 15 is 0 Å². The lowest BCUT2D eigenvalue weighted by atomic mass is 9.44. The van der Waals surface area contributed by atoms with Gasteiger partial charge in [0.25, 0.3) is 0 Å². The Hall–Kier alpha value is -0.0800. The number of hydrogen-bond donors (Lipinski definition) is 0. The summed E-state index contributed by atoms with van der Waals surface area (Å²) in [4.78, 5) is 0. The van der Waals surface area contributed by atoms with E-state index in [0.29, 0.717) is 24.4 Å². The topological polar surface area (TPSA) is 25.1 Å². The molecule has 0 aromatic heterocycles. The first-order valence-electron chi connectivity index (χ1n) is 5.28. The van der Waals surface area contributed by atoms with Crippen LogP contribution in [-0.2, 0) is 9.47 Å². The fourth-order valence-corrected chi connectivity index (χ4v) is 5.54. The highest BCUT2D eigenvalue weighted by atomic mass is 16.6. The van der Waals surface area contributed by atoms with Gasteiger partial charge in [0.05, 0.1) is 24.4 Å². The van der Waals surface area contributed by atoms with E-state index in [2.05, 4.69) is 0 Å². The zero-order valence-corrected chi connectivity index (χ0v) is 6.59. The molecule has 62 valence electrons. The molecule has 0 N–H and O–H groups in total. The van der Waals surface area contributed by atoms with E-state index in [4.69, 9.17) is 9.47 Å². The van der Waals surface area contributed by atoms with E-state index in [-0.39, 0.29) is 0 Å². The predicted octanol–water partition coefficient (Wildman–Crippen LogP) is 0.273. The molecule has 12 heavy (non-hydrogen) atoms. The third kappa shape index (κ3) is 0.252. The Morgan fingerprint density at radius 3 is 1.08 bits per heavy atom. The SMILES string of the molecule is O1[C@H]2[C@H]1[C@@H]1C3C4[C@@H]([C@H]5O[C@@H]5[C@H]41)[C@H]32. The lowest BCUT2D eigenvalue weighted by molar-refractivity contribution is -0.204. The minimum Gasteiger partial charge on any atom is -0.369 e. The van der Waals surface area contributed by atoms with Gasteiger partial charge in [-0.2, -0.15) is 0 Å². The molecule has 2 nitrogen and oxygen atoms in total. The fourth-order valence-electron chi connectivity index (χ4n) is 5.54. The van der Waals surface area contributed by atoms with E-state index in [0.717, 1.165) is 35.5 Å². The molecule has 4 saturated carbocycles. The molecule has 2 heteroatoms. The third-order valence-corrected chi connectivity index (χ3v) is 5.75. The number of fused-ring (bicyclic) bond motifs is 8. The average Bonchev–Trinajstić information content (AvgIpc) is 2.73. The van der Waals surface area contributed by atoms with Gasteiger partial charge < -0.3 is 9.47 Å². The fraction of sp³-hybridized carbons (Fsp3) is 1.00. The second-order valence-electron chi connectivity index (χ2n) is 5.59. The van der Waals surface area contributed by atoms with Crippen LogP contribution in [0, 0.1) is 35.5 Å². The summed E-state index contributed by atoms with van der Waals surface area (Å²) >= 11 is 0. The Labute approximate surface area is 70.2 Å². The maximum Gasteiger partial charge on any atom is 0.0879 e. The lowest BCUT2D eigenvalue weighted by Crippen LogP contribution is -2.62. The van der Waals surface area contributed by atoms with Gasteiger partial charge in [0, 0.05) is 0 Å².